The molecular formula is C16H18BrNO. The van der Waals surface area contributed by atoms with Gasteiger partial charge in [-0.25, -0.2) is 0 Å². The third-order valence-electron chi connectivity index (χ3n) is 3.11. The molecule has 0 unspecified atom stereocenters. The lowest BCUT2D eigenvalue weighted by Crippen LogP contribution is -2.04. The number of ether oxygens (including phenoxy) is 1. The van der Waals surface area contributed by atoms with Crippen molar-refractivity contribution in [1.29, 1.82) is 0 Å². The maximum Gasteiger partial charge on any atom is 0.119 e. The molecule has 2 nitrogen and oxygen atoms in total. The van der Waals surface area contributed by atoms with Gasteiger partial charge in [-0.1, -0.05) is 34.1 Å². The summed E-state index contributed by atoms with van der Waals surface area (Å²) in [5.41, 5.74) is 10.2. The molecule has 0 amide bonds. The number of nitrogens with two attached hydrogens (primary N) is 1. The average molecular weight is 320 g/mol. The Morgan fingerprint density at radius 3 is 2.37 bits per heavy atom. The van der Waals surface area contributed by atoms with Crippen LogP contribution in [0.1, 0.15) is 16.7 Å². The third-order valence-corrected chi connectivity index (χ3v) is 4.36. The van der Waals surface area contributed by atoms with Gasteiger partial charge in [-0.2, -0.15) is 0 Å². The van der Waals surface area contributed by atoms with Crippen LogP contribution in [-0.2, 0) is 6.42 Å². The normalized spacial score (nSPS) is 10.5. The van der Waals surface area contributed by atoms with Gasteiger partial charge >= 0.3 is 0 Å². The highest BCUT2D eigenvalue weighted by Gasteiger charge is 2.04. The summed E-state index contributed by atoms with van der Waals surface area (Å²) < 4.78 is 6.95. The predicted octanol–water partition coefficient (Wildman–Crippen LogP) is 4.27. The molecule has 0 radical (unpaired) electrons. The summed E-state index contributed by atoms with van der Waals surface area (Å²) in [5, 5.41) is 0. The minimum Gasteiger partial charge on any atom is -0.493 e. The number of aryl methyl sites for hydroxylation is 2. The molecule has 0 saturated carbocycles. The van der Waals surface area contributed by atoms with Crippen molar-refractivity contribution in [3.63, 3.8) is 0 Å². The van der Waals surface area contributed by atoms with Gasteiger partial charge < -0.3 is 10.5 Å². The molecule has 3 heteroatoms. The SMILES string of the molecule is Cc1cc(OCCc2ccccc2N)cc(C)c1Br. The summed E-state index contributed by atoms with van der Waals surface area (Å²) in [6.45, 7) is 4.77. The quantitative estimate of drug-likeness (QED) is 0.854. The van der Waals surface area contributed by atoms with Crippen molar-refractivity contribution in [2.45, 2.75) is 20.3 Å². The van der Waals surface area contributed by atoms with E-state index in [0.717, 1.165) is 27.9 Å². The number of hydrogen-bond donors (Lipinski definition) is 1. The summed E-state index contributed by atoms with van der Waals surface area (Å²) in [5.74, 6) is 0.910. The molecule has 0 spiro atoms. The van der Waals surface area contributed by atoms with Crippen molar-refractivity contribution >= 4 is 21.6 Å². The van der Waals surface area contributed by atoms with Crippen LogP contribution in [0.2, 0.25) is 0 Å². The number of nitrogen functional groups attached to an aromatic ring is 1. The fourth-order valence-electron chi connectivity index (χ4n) is 2.03. The van der Waals surface area contributed by atoms with E-state index < -0.39 is 0 Å². The largest absolute Gasteiger partial charge is 0.493 e. The lowest BCUT2D eigenvalue weighted by Gasteiger charge is -2.11. The van der Waals surface area contributed by atoms with Crippen LogP contribution in [0.15, 0.2) is 40.9 Å². The van der Waals surface area contributed by atoms with Gasteiger partial charge in [0.1, 0.15) is 5.75 Å². The first-order chi connectivity index (χ1) is 9.08. The summed E-state index contributed by atoms with van der Waals surface area (Å²) in [7, 11) is 0. The maximum absolute atomic E-state index is 5.91. The first-order valence-electron chi connectivity index (χ1n) is 6.31. The molecule has 2 N–H and O–H groups in total. The molecular weight excluding hydrogens is 302 g/mol. The molecule has 0 aliphatic rings. The van der Waals surface area contributed by atoms with E-state index in [4.69, 9.17) is 10.5 Å². The molecule has 2 aromatic carbocycles. The first-order valence-corrected chi connectivity index (χ1v) is 7.10. The van der Waals surface area contributed by atoms with E-state index in [1.807, 2.05) is 36.4 Å². The monoisotopic (exact) mass is 319 g/mol. The van der Waals surface area contributed by atoms with Gasteiger partial charge in [-0.05, 0) is 48.7 Å². The Hall–Kier alpha value is -1.48. The predicted molar refractivity (Wildman–Crippen MR) is 83.7 cm³/mol. The number of para-hydroxylation sites is 1. The van der Waals surface area contributed by atoms with E-state index in [0.29, 0.717) is 6.61 Å². The standard InChI is InChI=1S/C16H18BrNO/c1-11-9-14(10-12(2)16(11)17)19-8-7-13-5-3-4-6-15(13)18/h3-6,9-10H,7-8,18H2,1-2H3. The van der Waals surface area contributed by atoms with Crippen molar-refractivity contribution in [3.05, 3.63) is 57.6 Å². The van der Waals surface area contributed by atoms with Gasteiger partial charge in [-0.3, -0.25) is 0 Å². The Balaban J connectivity index is 1.98. The molecule has 2 aromatic rings. The van der Waals surface area contributed by atoms with Gasteiger partial charge in [0.15, 0.2) is 0 Å². The number of benzene rings is 2. The summed E-state index contributed by atoms with van der Waals surface area (Å²) in [4.78, 5) is 0. The lowest BCUT2D eigenvalue weighted by molar-refractivity contribution is 0.321. The third kappa shape index (κ3) is 3.51. The highest BCUT2D eigenvalue weighted by Crippen LogP contribution is 2.26. The zero-order chi connectivity index (χ0) is 13.8. The summed E-state index contributed by atoms with van der Waals surface area (Å²) in [6.07, 6.45) is 0.820. The van der Waals surface area contributed by atoms with Crippen molar-refractivity contribution in [2.24, 2.45) is 0 Å². The van der Waals surface area contributed by atoms with Crippen LogP contribution in [0.3, 0.4) is 0 Å². The topological polar surface area (TPSA) is 35.2 Å². The molecule has 0 heterocycles. The Morgan fingerprint density at radius 2 is 1.74 bits per heavy atom. The van der Waals surface area contributed by atoms with Crippen LogP contribution >= 0.6 is 15.9 Å². The second-order valence-corrected chi connectivity index (χ2v) is 5.46. The van der Waals surface area contributed by atoms with E-state index in [9.17, 15) is 0 Å². The molecule has 0 atom stereocenters. The Kier molecular flexibility index (Phi) is 4.48. The van der Waals surface area contributed by atoms with Gasteiger partial charge in [0, 0.05) is 16.6 Å². The van der Waals surface area contributed by atoms with Crippen LogP contribution in [0, 0.1) is 13.8 Å². The van der Waals surface area contributed by atoms with Crippen LogP contribution in [-0.4, -0.2) is 6.61 Å². The molecule has 0 fully saturated rings. The maximum atomic E-state index is 5.91. The van der Waals surface area contributed by atoms with Gasteiger partial charge in [0.25, 0.3) is 0 Å². The Morgan fingerprint density at radius 1 is 1.11 bits per heavy atom. The minimum atomic E-state index is 0.634. The van der Waals surface area contributed by atoms with E-state index in [-0.39, 0.29) is 0 Å². The highest BCUT2D eigenvalue weighted by molar-refractivity contribution is 9.10. The Bertz CT molecular complexity index is 558. The Labute approximate surface area is 122 Å². The van der Waals surface area contributed by atoms with Gasteiger partial charge in [0.2, 0.25) is 0 Å². The number of hydrogen-bond acceptors (Lipinski definition) is 2. The zero-order valence-electron chi connectivity index (χ0n) is 11.2. The van der Waals surface area contributed by atoms with E-state index in [1.165, 1.54) is 11.1 Å². The van der Waals surface area contributed by atoms with Crippen LogP contribution in [0.4, 0.5) is 5.69 Å². The summed E-state index contributed by atoms with van der Waals surface area (Å²) >= 11 is 3.56. The molecule has 0 saturated heterocycles. The van der Waals surface area contributed by atoms with Crippen LogP contribution in [0.25, 0.3) is 0 Å². The van der Waals surface area contributed by atoms with Gasteiger partial charge in [-0.15, -0.1) is 0 Å². The molecule has 100 valence electrons. The highest BCUT2D eigenvalue weighted by atomic mass is 79.9. The molecule has 0 aliphatic heterocycles. The fourth-order valence-corrected chi connectivity index (χ4v) is 2.26. The number of rotatable bonds is 4. The smallest absolute Gasteiger partial charge is 0.119 e. The summed E-state index contributed by atoms with van der Waals surface area (Å²) in [6, 6.07) is 12.0. The van der Waals surface area contributed by atoms with Crippen LogP contribution < -0.4 is 10.5 Å². The van der Waals surface area contributed by atoms with Crippen molar-refractivity contribution in [2.75, 3.05) is 12.3 Å². The van der Waals surface area contributed by atoms with Crippen molar-refractivity contribution in [1.82, 2.24) is 0 Å². The second kappa shape index (κ2) is 6.11. The molecule has 0 aromatic heterocycles. The molecule has 2 rings (SSSR count). The fraction of sp³-hybridized carbons (Fsp3) is 0.250. The average Bonchev–Trinajstić information content (AvgIpc) is 2.38. The molecule has 19 heavy (non-hydrogen) atoms. The lowest BCUT2D eigenvalue weighted by atomic mass is 10.1. The number of anilines is 1. The second-order valence-electron chi connectivity index (χ2n) is 4.67. The zero-order valence-corrected chi connectivity index (χ0v) is 12.8. The van der Waals surface area contributed by atoms with E-state index >= 15 is 0 Å². The van der Waals surface area contributed by atoms with Crippen molar-refractivity contribution in [3.8, 4) is 5.75 Å². The van der Waals surface area contributed by atoms with Gasteiger partial charge in [0.05, 0.1) is 6.61 Å². The molecule has 0 bridgehead atoms. The minimum absolute atomic E-state index is 0.634. The number of halogens is 1. The van der Waals surface area contributed by atoms with Crippen molar-refractivity contribution < 1.29 is 4.74 Å². The van der Waals surface area contributed by atoms with E-state index in [2.05, 4.69) is 29.8 Å². The first kappa shape index (κ1) is 13.9. The van der Waals surface area contributed by atoms with Crippen LogP contribution in [0.5, 0.6) is 5.75 Å². The van der Waals surface area contributed by atoms with E-state index in [1.54, 1.807) is 0 Å². The molecule has 0 aliphatic carbocycles.